The molecule has 0 heterocycles. The number of likely N-dealkylation sites (N-methyl/N-ethyl adjacent to an activating group) is 1. The molecule has 0 aromatic heterocycles. The van der Waals surface area contributed by atoms with Crippen LogP contribution in [0.25, 0.3) is 0 Å². The molecule has 0 radical (unpaired) electrons. The van der Waals surface area contributed by atoms with Crippen LogP contribution in [-0.2, 0) is 18.4 Å². The van der Waals surface area contributed by atoms with Gasteiger partial charge < -0.3 is 19.8 Å². The van der Waals surface area contributed by atoms with Crippen molar-refractivity contribution < 1.29 is 32.9 Å². The summed E-state index contributed by atoms with van der Waals surface area (Å²) in [6.45, 7) is 4.62. The van der Waals surface area contributed by atoms with E-state index >= 15 is 0 Å². The van der Waals surface area contributed by atoms with Gasteiger partial charge >= 0.3 is 7.82 Å². The number of amides is 1. The summed E-state index contributed by atoms with van der Waals surface area (Å²) < 4.78 is 23.6. The maximum atomic E-state index is 12.9. The zero-order valence-corrected chi connectivity index (χ0v) is 41.7. The molecule has 0 aromatic carbocycles. The van der Waals surface area contributed by atoms with Crippen LogP contribution in [0.15, 0.2) is 109 Å². The van der Waals surface area contributed by atoms with Crippen molar-refractivity contribution in [3.63, 3.8) is 0 Å². The van der Waals surface area contributed by atoms with Crippen molar-refractivity contribution in [2.45, 2.75) is 187 Å². The van der Waals surface area contributed by atoms with Crippen LogP contribution in [0.3, 0.4) is 0 Å². The van der Waals surface area contributed by atoms with Gasteiger partial charge in [0, 0.05) is 6.42 Å². The Hall–Kier alpha value is -2.84. The van der Waals surface area contributed by atoms with Crippen molar-refractivity contribution in [1.29, 1.82) is 0 Å². The topological polar surface area (TPSA) is 105 Å². The highest BCUT2D eigenvalue weighted by Crippen LogP contribution is 2.43. The van der Waals surface area contributed by atoms with Crippen LogP contribution in [0.1, 0.15) is 174 Å². The second kappa shape index (κ2) is 44.4. The van der Waals surface area contributed by atoms with Crippen LogP contribution in [0.5, 0.6) is 0 Å². The lowest BCUT2D eigenvalue weighted by Crippen LogP contribution is -2.45. The van der Waals surface area contributed by atoms with Gasteiger partial charge in [-0.1, -0.05) is 181 Å². The highest BCUT2D eigenvalue weighted by molar-refractivity contribution is 7.47. The molecule has 63 heavy (non-hydrogen) atoms. The lowest BCUT2D eigenvalue weighted by atomic mass is 10.1. The summed E-state index contributed by atoms with van der Waals surface area (Å²) in [6.07, 6.45) is 64.5. The van der Waals surface area contributed by atoms with Gasteiger partial charge in [-0.15, -0.1) is 0 Å². The summed E-state index contributed by atoms with van der Waals surface area (Å²) in [7, 11) is 1.51. The third-order valence-corrected chi connectivity index (χ3v) is 11.2. The number of hydrogen-bond acceptors (Lipinski definition) is 5. The van der Waals surface area contributed by atoms with Gasteiger partial charge in [-0.3, -0.25) is 13.8 Å². The van der Waals surface area contributed by atoms with Crippen LogP contribution in [0.2, 0.25) is 0 Å². The quantitative estimate of drug-likeness (QED) is 0.0244. The highest BCUT2D eigenvalue weighted by Gasteiger charge is 2.27. The Kier molecular flexibility index (Phi) is 42.4. The first-order chi connectivity index (χ1) is 30.5. The molecule has 8 nitrogen and oxygen atoms in total. The lowest BCUT2D eigenvalue weighted by molar-refractivity contribution is -0.870. The van der Waals surface area contributed by atoms with Gasteiger partial charge in [-0.25, -0.2) is 4.57 Å². The van der Waals surface area contributed by atoms with Gasteiger partial charge in [0.1, 0.15) is 13.2 Å². The van der Waals surface area contributed by atoms with E-state index in [-0.39, 0.29) is 19.1 Å². The van der Waals surface area contributed by atoms with E-state index in [9.17, 15) is 19.4 Å². The number of allylic oxidation sites excluding steroid dienone is 17. The molecule has 9 heteroatoms. The number of nitrogens with one attached hydrogen (secondary N) is 1. The summed E-state index contributed by atoms with van der Waals surface area (Å²) in [5.74, 6) is -0.212. The molecule has 3 N–H and O–H groups in total. The minimum Gasteiger partial charge on any atom is -0.387 e. The minimum absolute atomic E-state index is 0.0439. The van der Waals surface area contributed by atoms with Crippen LogP contribution in [0, 0.1) is 0 Å². The number of quaternary nitrogens is 1. The predicted octanol–water partition coefficient (Wildman–Crippen LogP) is 14.5. The SMILES string of the molecule is CC/C=C\C/C=C\C/C=C\C/C=C\C/C=C\C/C=C\CCCCCCCCC(=O)NC(COP(=O)(O)OCC[N+](C)(C)C)C(O)/C=C/CC/C=C/CC/C=C/CCCCCCCC. The Labute approximate surface area is 387 Å². The third kappa shape index (κ3) is 47.0. The van der Waals surface area contributed by atoms with Crippen molar-refractivity contribution >= 4 is 13.7 Å². The molecule has 0 fully saturated rings. The Morgan fingerprint density at radius 1 is 0.556 bits per heavy atom. The van der Waals surface area contributed by atoms with Crippen molar-refractivity contribution in [2.75, 3.05) is 40.9 Å². The smallest absolute Gasteiger partial charge is 0.387 e. The fourth-order valence-electron chi connectivity index (χ4n) is 6.31. The van der Waals surface area contributed by atoms with E-state index in [0.717, 1.165) is 103 Å². The molecule has 0 rings (SSSR count). The van der Waals surface area contributed by atoms with Crippen LogP contribution in [-0.4, -0.2) is 73.4 Å². The molecule has 0 saturated carbocycles. The molecule has 0 bridgehead atoms. The second-order valence-corrected chi connectivity index (χ2v) is 18.9. The third-order valence-electron chi connectivity index (χ3n) is 10.2. The second-order valence-electron chi connectivity index (χ2n) is 17.4. The number of aliphatic hydroxyl groups is 1. The fourth-order valence-corrected chi connectivity index (χ4v) is 7.05. The largest absolute Gasteiger partial charge is 0.472 e. The van der Waals surface area contributed by atoms with E-state index in [1.54, 1.807) is 6.08 Å². The van der Waals surface area contributed by atoms with Crippen LogP contribution < -0.4 is 5.32 Å². The number of rotatable bonds is 43. The van der Waals surface area contributed by atoms with Gasteiger partial charge in [0.15, 0.2) is 0 Å². The monoisotopic (exact) mass is 898 g/mol. The molecular weight excluding hydrogens is 804 g/mol. The van der Waals surface area contributed by atoms with E-state index in [1.807, 2.05) is 27.2 Å². The first-order valence-electron chi connectivity index (χ1n) is 24.8. The lowest BCUT2D eigenvalue weighted by Gasteiger charge is -2.25. The number of unbranched alkanes of at least 4 members (excludes halogenated alkanes) is 14. The molecule has 0 saturated heterocycles. The zero-order valence-electron chi connectivity index (χ0n) is 40.8. The highest BCUT2D eigenvalue weighted by atomic mass is 31.2. The first kappa shape index (κ1) is 60.2. The standard InChI is InChI=1S/C54H93N2O6P/c1-6-8-10-12-14-16-18-20-22-24-25-26-27-28-29-30-31-32-34-36-38-40-42-44-46-48-54(58)55-52(51-62-63(59,60)61-50-49-56(3,4)5)53(57)47-45-43-41-39-37-35-33-23-21-19-17-15-13-11-9-7-2/h8,10,14,16,20-23,25-26,28-29,31-32,37,39,45,47,52-53,57H,6-7,9,11-13,15,17-19,24,27,30,33-36,38,40-44,46,48-51H2,1-5H3,(H-,55,58,59,60)/p+1/b10-8-,16-14-,22-20-,23-21+,26-25-,29-28-,32-31-,39-37+,47-45+. The molecule has 0 aliphatic carbocycles. The van der Waals surface area contributed by atoms with Crippen molar-refractivity contribution in [2.24, 2.45) is 0 Å². The molecule has 3 unspecified atom stereocenters. The summed E-state index contributed by atoms with van der Waals surface area (Å²) in [5.41, 5.74) is 0. The number of aliphatic hydroxyl groups excluding tert-OH is 1. The Bertz CT molecular complexity index is 1390. The van der Waals surface area contributed by atoms with E-state index in [1.165, 1.54) is 51.4 Å². The Morgan fingerprint density at radius 2 is 0.968 bits per heavy atom. The molecule has 0 spiro atoms. The average molecular weight is 898 g/mol. The number of phosphoric acid groups is 1. The van der Waals surface area contributed by atoms with Gasteiger partial charge in [-0.05, 0) is 96.3 Å². The maximum absolute atomic E-state index is 12.9. The molecule has 0 aliphatic rings. The molecular formula is C54H94N2O6P+. The Balaban J connectivity index is 4.44. The minimum atomic E-state index is -4.37. The summed E-state index contributed by atoms with van der Waals surface area (Å²) in [6, 6.07) is -0.885. The van der Waals surface area contributed by atoms with Crippen molar-refractivity contribution in [1.82, 2.24) is 5.32 Å². The van der Waals surface area contributed by atoms with E-state index in [2.05, 4.69) is 116 Å². The van der Waals surface area contributed by atoms with Gasteiger partial charge in [0.05, 0.1) is 39.9 Å². The Morgan fingerprint density at radius 3 is 1.46 bits per heavy atom. The van der Waals surface area contributed by atoms with Crippen LogP contribution >= 0.6 is 7.82 Å². The number of phosphoric ester groups is 1. The van der Waals surface area contributed by atoms with Crippen molar-refractivity contribution in [3.8, 4) is 0 Å². The molecule has 360 valence electrons. The van der Waals surface area contributed by atoms with Gasteiger partial charge in [0.2, 0.25) is 5.91 Å². The molecule has 1 amide bonds. The number of nitrogens with zero attached hydrogens (tertiary/aromatic N) is 1. The van der Waals surface area contributed by atoms with Gasteiger partial charge in [-0.2, -0.15) is 0 Å². The van der Waals surface area contributed by atoms with Crippen LogP contribution in [0.4, 0.5) is 0 Å². The zero-order chi connectivity index (χ0) is 46.4. The molecule has 0 aliphatic heterocycles. The number of carbonyl (C=O) groups excluding carboxylic acids is 1. The van der Waals surface area contributed by atoms with Gasteiger partial charge in [0.25, 0.3) is 0 Å². The maximum Gasteiger partial charge on any atom is 0.472 e. The van der Waals surface area contributed by atoms with E-state index < -0.39 is 20.0 Å². The van der Waals surface area contributed by atoms with E-state index in [0.29, 0.717) is 17.4 Å². The normalized spacial score (nSPS) is 15.1. The molecule has 0 aromatic rings. The predicted molar refractivity (Wildman–Crippen MR) is 272 cm³/mol. The molecule has 3 atom stereocenters. The number of hydrogen-bond donors (Lipinski definition) is 3. The first-order valence-corrected chi connectivity index (χ1v) is 26.3. The summed E-state index contributed by atoms with van der Waals surface area (Å²) in [4.78, 5) is 23.2. The average Bonchev–Trinajstić information content (AvgIpc) is 3.24. The van der Waals surface area contributed by atoms with Crippen molar-refractivity contribution in [3.05, 3.63) is 109 Å². The summed E-state index contributed by atoms with van der Waals surface area (Å²) in [5, 5.41) is 13.8. The summed E-state index contributed by atoms with van der Waals surface area (Å²) >= 11 is 0. The fraction of sp³-hybridized carbons (Fsp3) is 0.648. The number of carbonyl (C=O) groups is 1. The van der Waals surface area contributed by atoms with E-state index in [4.69, 9.17) is 9.05 Å².